The van der Waals surface area contributed by atoms with Crippen LogP contribution in [0.3, 0.4) is 0 Å². The summed E-state index contributed by atoms with van der Waals surface area (Å²) < 4.78 is 0. The highest BCUT2D eigenvalue weighted by atomic mass is 35.5. The summed E-state index contributed by atoms with van der Waals surface area (Å²) in [6.45, 7) is 3.63. The summed E-state index contributed by atoms with van der Waals surface area (Å²) in [5.41, 5.74) is 8.82. The fraction of sp³-hybridized carbons (Fsp3) is 0.179. The van der Waals surface area contributed by atoms with Gasteiger partial charge in [0.25, 0.3) is 0 Å². The molecule has 35 heavy (non-hydrogen) atoms. The highest BCUT2D eigenvalue weighted by Crippen LogP contribution is 2.17. The number of ketones is 2. The van der Waals surface area contributed by atoms with E-state index in [-0.39, 0.29) is 22.8 Å². The molecule has 0 unspecified atom stereocenters. The molecule has 0 aromatic heterocycles. The van der Waals surface area contributed by atoms with Crippen molar-refractivity contribution in [1.82, 2.24) is 0 Å². The molecule has 3 aromatic rings. The maximum atomic E-state index is 11.9. The lowest BCUT2D eigenvalue weighted by atomic mass is 10.1. The molecular formula is C28H30Cl2N2O3. The number of alkyl halides is 2. The summed E-state index contributed by atoms with van der Waals surface area (Å²) >= 11 is 9.53. The second kappa shape index (κ2) is 17.1. The van der Waals surface area contributed by atoms with Crippen LogP contribution in [-0.4, -0.2) is 22.8 Å². The summed E-state index contributed by atoms with van der Waals surface area (Å²) in [7, 11) is 0. The number of carbonyl (C=O) groups is 3. The number of Topliss-reactive ketones (excluding diaryl/α,β-unsaturated/α-hetero) is 2. The molecule has 0 heterocycles. The minimum absolute atomic E-state index is 0.0120. The molecule has 0 aliphatic heterocycles. The molecule has 3 N–H and O–H groups in total. The fourth-order valence-electron chi connectivity index (χ4n) is 2.88. The Kier molecular flexibility index (Phi) is 14.5. The van der Waals surface area contributed by atoms with Gasteiger partial charge in [0, 0.05) is 35.7 Å². The Morgan fingerprint density at radius 1 is 0.771 bits per heavy atom. The summed E-state index contributed by atoms with van der Waals surface area (Å²) in [5, 5.41) is 2.94. The van der Waals surface area contributed by atoms with Crippen molar-refractivity contribution in [2.45, 2.75) is 26.7 Å². The number of benzene rings is 3. The van der Waals surface area contributed by atoms with Crippen LogP contribution in [-0.2, 0) is 4.79 Å². The van der Waals surface area contributed by atoms with E-state index in [1.807, 2.05) is 49.4 Å². The van der Waals surface area contributed by atoms with Crippen LogP contribution >= 0.6 is 23.2 Å². The highest BCUT2D eigenvalue weighted by Gasteiger charge is 2.10. The second-order valence-corrected chi connectivity index (χ2v) is 7.83. The number of carbonyl (C=O) groups excluding carboxylic acids is 3. The quantitative estimate of drug-likeness (QED) is 0.151. The Morgan fingerprint density at radius 3 is 1.83 bits per heavy atom. The topological polar surface area (TPSA) is 89.3 Å². The van der Waals surface area contributed by atoms with Crippen LogP contribution in [0.25, 0.3) is 6.08 Å². The molecule has 184 valence electrons. The van der Waals surface area contributed by atoms with Gasteiger partial charge in [-0.2, -0.15) is 0 Å². The SMILES string of the molecule is CCC(=O)c1ccccc1N.CCC(=O)c1ccccc1NC(=O)/C=C/c1ccccc1.ClCCl. The minimum atomic E-state index is -0.254. The molecular weight excluding hydrogens is 483 g/mol. The van der Waals surface area contributed by atoms with Gasteiger partial charge in [0.2, 0.25) is 5.91 Å². The van der Waals surface area contributed by atoms with E-state index >= 15 is 0 Å². The number of nitrogen functional groups attached to an aromatic ring is 1. The van der Waals surface area contributed by atoms with Gasteiger partial charge in [-0.15, -0.1) is 23.2 Å². The van der Waals surface area contributed by atoms with Crippen molar-refractivity contribution in [1.29, 1.82) is 0 Å². The largest absolute Gasteiger partial charge is 0.398 e. The van der Waals surface area contributed by atoms with E-state index in [1.165, 1.54) is 6.08 Å². The van der Waals surface area contributed by atoms with Gasteiger partial charge < -0.3 is 11.1 Å². The summed E-state index contributed by atoms with van der Waals surface area (Å²) in [4.78, 5) is 34.9. The number of halogens is 2. The molecule has 3 aromatic carbocycles. The predicted molar refractivity (Wildman–Crippen MR) is 147 cm³/mol. The highest BCUT2D eigenvalue weighted by molar-refractivity contribution is 6.40. The summed E-state index contributed by atoms with van der Waals surface area (Å²) in [6, 6.07) is 23.7. The Bertz CT molecular complexity index is 1120. The van der Waals surface area contributed by atoms with Gasteiger partial charge in [-0.25, -0.2) is 0 Å². The average molecular weight is 513 g/mol. The molecule has 0 fully saturated rings. The lowest BCUT2D eigenvalue weighted by Crippen LogP contribution is -2.11. The van der Waals surface area contributed by atoms with Crippen molar-refractivity contribution in [2.75, 3.05) is 16.4 Å². The first-order valence-corrected chi connectivity index (χ1v) is 12.1. The van der Waals surface area contributed by atoms with Crippen LogP contribution < -0.4 is 11.1 Å². The molecule has 0 aliphatic carbocycles. The van der Waals surface area contributed by atoms with Gasteiger partial charge in [0.05, 0.1) is 11.0 Å². The van der Waals surface area contributed by atoms with Crippen molar-refractivity contribution in [3.05, 3.63) is 102 Å². The third-order valence-electron chi connectivity index (χ3n) is 4.62. The zero-order chi connectivity index (χ0) is 26.1. The van der Waals surface area contributed by atoms with E-state index in [9.17, 15) is 14.4 Å². The first-order valence-electron chi connectivity index (χ1n) is 11.0. The van der Waals surface area contributed by atoms with Gasteiger partial charge in [0.1, 0.15) is 0 Å². The number of nitrogens with two attached hydrogens (primary N) is 1. The number of rotatable bonds is 7. The van der Waals surface area contributed by atoms with E-state index in [0.29, 0.717) is 35.3 Å². The third kappa shape index (κ3) is 11.0. The standard InChI is InChI=1S/C18H17NO2.C9H11NO.CH2Cl2/c1-2-17(20)15-10-6-7-11-16(15)19-18(21)13-12-14-8-4-3-5-9-14;1-2-9(11)7-5-3-4-6-8(7)10;2-1-3/h3-13H,2H2,1H3,(H,19,21);3-6H,2,10H2,1H3;1H2/b13-12+;;. The molecule has 0 radical (unpaired) electrons. The minimum Gasteiger partial charge on any atom is -0.398 e. The normalized spacial score (nSPS) is 9.83. The van der Waals surface area contributed by atoms with Crippen LogP contribution in [0, 0.1) is 0 Å². The van der Waals surface area contributed by atoms with Gasteiger partial charge in [-0.05, 0) is 35.9 Å². The number of amides is 1. The first-order chi connectivity index (χ1) is 16.9. The molecule has 5 nitrogen and oxygen atoms in total. The average Bonchev–Trinajstić information content (AvgIpc) is 2.88. The van der Waals surface area contributed by atoms with Crippen LogP contribution in [0.4, 0.5) is 11.4 Å². The molecule has 0 atom stereocenters. The zero-order valence-corrected chi connectivity index (χ0v) is 21.4. The Balaban J connectivity index is 0.000000366. The Labute approximate surface area is 216 Å². The first kappa shape index (κ1) is 29.6. The van der Waals surface area contributed by atoms with E-state index < -0.39 is 0 Å². The van der Waals surface area contributed by atoms with E-state index in [2.05, 4.69) is 5.32 Å². The van der Waals surface area contributed by atoms with Crippen molar-refractivity contribution in [3.63, 3.8) is 0 Å². The van der Waals surface area contributed by atoms with Crippen LogP contribution in [0.1, 0.15) is 53.0 Å². The zero-order valence-electron chi connectivity index (χ0n) is 19.8. The van der Waals surface area contributed by atoms with Crippen molar-refractivity contribution >= 4 is 58.1 Å². The number of anilines is 2. The summed E-state index contributed by atoms with van der Waals surface area (Å²) in [6.07, 6.45) is 4.11. The maximum absolute atomic E-state index is 11.9. The van der Waals surface area contributed by atoms with Gasteiger partial charge in [-0.1, -0.05) is 68.4 Å². The van der Waals surface area contributed by atoms with E-state index in [1.54, 1.807) is 49.4 Å². The van der Waals surface area contributed by atoms with Crippen LogP contribution in [0.5, 0.6) is 0 Å². The predicted octanol–water partition coefficient (Wildman–Crippen LogP) is 7.21. The third-order valence-corrected chi connectivity index (χ3v) is 4.62. The molecule has 7 heteroatoms. The van der Waals surface area contributed by atoms with Crippen molar-refractivity contribution < 1.29 is 14.4 Å². The van der Waals surface area contributed by atoms with Crippen molar-refractivity contribution in [2.24, 2.45) is 0 Å². The number of hydrogen-bond acceptors (Lipinski definition) is 4. The molecule has 0 aliphatic rings. The lowest BCUT2D eigenvalue weighted by Gasteiger charge is -2.07. The fourth-order valence-corrected chi connectivity index (χ4v) is 2.88. The molecule has 0 bridgehead atoms. The molecule has 1 amide bonds. The number of hydrogen-bond donors (Lipinski definition) is 2. The second-order valence-electron chi connectivity index (χ2n) is 7.02. The van der Waals surface area contributed by atoms with Crippen LogP contribution in [0.2, 0.25) is 0 Å². The van der Waals surface area contributed by atoms with E-state index in [4.69, 9.17) is 28.9 Å². The molecule has 0 spiro atoms. The molecule has 3 rings (SSSR count). The van der Waals surface area contributed by atoms with Crippen molar-refractivity contribution in [3.8, 4) is 0 Å². The number of nitrogens with one attached hydrogen (secondary N) is 1. The van der Waals surface area contributed by atoms with E-state index in [0.717, 1.165) is 5.56 Å². The molecule has 0 saturated heterocycles. The summed E-state index contributed by atoms with van der Waals surface area (Å²) in [5.74, 6) is -0.142. The monoisotopic (exact) mass is 512 g/mol. The molecule has 0 saturated carbocycles. The lowest BCUT2D eigenvalue weighted by molar-refractivity contribution is -0.111. The number of para-hydroxylation sites is 2. The van der Waals surface area contributed by atoms with Gasteiger partial charge in [0.15, 0.2) is 11.6 Å². The van der Waals surface area contributed by atoms with Gasteiger partial charge >= 0.3 is 0 Å². The Morgan fingerprint density at radius 2 is 1.26 bits per heavy atom. The maximum Gasteiger partial charge on any atom is 0.248 e. The van der Waals surface area contributed by atoms with Gasteiger partial charge in [-0.3, -0.25) is 14.4 Å². The smallest absolute Gasteiger partial charge is 0.248 e. The Hall–Kier alpha value is -3.41. The van der Waals surface area contributed by atoms with Crippen LogP contribution in [0.15, 0.2) is 84.9 Å².